The second-order valence-corrected chi connectivity index (χ2v) is 7.57. The van der Waals surface area contributed by atoms with Gasteiger partial charge in [-0.2, -0.15) is 0 Å². The average Bonchev–Trinajstić information content (AvgIpc) is 3.03. The molecular formula is C22H18N2O4S. The van der Waals surface area contributed by atoms with Gasteiger partial charge in [-0.05, 0) is 21.9 Å². The Labute approximate surface area is 171 Å². The first-order valence-corrected chi connectivity index (χ1v) is 9.56. The second kappa shape index (κ2) is 7.25. The van der Waals surface area contributed by atoms with E-state index in [4.69, 9.17) is 12.2 Å². The van der Waals surface area contributed by atoms with Gasteiger partial charge in [0.2, 0.25) is 5.91 Å². The van der Waals surface area contributed by atoms with Crippen molar-refractivity contribution in [2.75, 3.05) is 5.32 Å². The summed E-state index contributed by atoms with van der Waals surface area (Å²) in [5.74, 6) is -1.43. The van der Waals surface area contributed by atoms with Crippen molar-refractivity contribution in [1.29, 1.82) is 0 Å². The minimum atomic E-state index is -1.12. The van der Waals surface area contributed by atoms with Gasteiger partial charge in [0.15, 0.2) is 0 Å². The number of nitrogens with zero attached hydrogens (tertiary/aromatic N) is 1. The molecule has 7 heteroatoms. The van der Waals surface area contributed by atoms with Gasteiger partial charge >= 0.3 is 5.97 Å². The number of aliphatic carboxylic acids is 1. The van der Waals surface area contributed by atoms with Crippen LogP contribution < -0.4 is 10.9 Å². The number of rotatable bonds is 4. The molecule has 0 saturated heterocycles. The van der Waals surface area contributed by atoms with Crippen LogP contribution in [0, 0.1) is 0 Å². The summed E-state index contributed by atoms with van der Waals surface area (Å²) in [7, 11) is 0. The van der Waals surface area contributed by atoms with E-state index in [1.807, 2.05) is 42.5 Å². The number of carbonyl (C=O) groups is 2. The topological polar surface area (TPSA) is 88.4 Å². The lowest BCUT2D eigenvalue weighted by Gasteiger charge is -2.17. The Morgan fingerprint density at radius 3 is 2.62 bits per heavy atom. The molecule has 0 spiro atoms. The molecule has 1 amide bonds. The van der Waals surface area contributed by atoms with Gasteiger partial charge in [-0.15, -0.1) is 0 Å². The van der Waals surface area contributed by atoms with Crippen LogP contribution in [0.4, 0.5) is 5.69 Å². The fourth-order valence-electron chi connectivity index (χ4n) is 3.92. The third-order valence-electron chi connectivity index (χ3n) is 5.14. The summed E-state index contributed by atoms with van der Waals surface area (Å²) in [5.41, 5.74) is 1.92. The zero-order valence-corrected chi connectivity index (χ0v) is 16.5. The number of anilines is 1. The van der Waals surface area contributed by atoms with E-state index in [9.17, 15) is 19.5 Å². The normalized spacial score (nSPS) is 15.3. The van der Waals surface area contributed by atoms with E-state index in [2.05, 4.69) is 5.32 Å². The Bertz CT molecular complexity index is 1240. The van der Waals surface area contributed by atoms with Gasteiger partial charge in [0.1, 0.15) is 6.04 Å². The van der Waals surface area contributed by atoms with Crippen molar-refractivity contribution >= 4 is 45.4 Å². The van der Waals surface area contributed by atoms with E-state index < -0.39 is 17.6 Å². The smallest absolute Gasteiger partial charge is 0.327 e. The van der Waals surface area contributed by atoms with E-state index in [0.29, 0.717) is 28.2 Å². The molecule has 1 aliphatic rings. The summed E-state index contributed by atoms with van der Waals surface area (Å²) in [6, 6.07) is 14.2. The number of hydrogen-bond donors (Lipinski definition) is 2. The van der Waals surface area contributed by atoms with E-state index in [-0.39, 0.29) is 12.3 Å². The summed E-state index contributed by atoms with van der Waals surface area (Å²) < 4.78 is 1.18. The van der Waals surface area contributed by atoms with Crippen LogP contribution >= 0.6 is 12.2 Å². The number of nitrogens with one attached hydrogen (secondary N) is 1. The Balaban J connectivity index is 1.92. The van der Waals surface area contributed by atoms with Crippen molar-refractivity contribution in [3.8, 4) is 0 Å². The third kappa shape index (κ3) is 3.34. The number of carboxylic acids is 1. The van der Waals surface area contributed by atoms with Crippen LogP contribution in [0.3, 0.4) is 0 Å². The first-order valence-electron chi connectivity index (χ1n) is 9.15. The quantitative estimate of drug-likeness (QED) is 0.649. The van der Waals surface area contributed by atoms with E-state index in [0.717, 1.165) is 16.3 Å². The Hall–Kier alpha value is -3.32. The fraction of sp³-hybridized carbons (Fsp3) is 0.182. The molecule has 0 aliphatic carbocycles. The van der Waals surface area contributed by atoms with Crippen molar-refractivity contribution in [3.63, 3.8) is 0 Å². The Kier molecular flexibility index (Phi) is 4.76. The molecule has 146 valence electrons. The molecule has 1 aromatic heterocycles. The number of benzene rings is 2. The molecule has 0 saturated carbocycles. The molecule has 1 aliphatic heterocycles. The summed E-state index contributed by atoms with van der Waals surface area (Å²) in [6.07, 6.45) is 0.463. The lowest BCUT2D eigenvalue weighted by molar-refractivity contribution is -0.140. The van der Waals surface area contributed by atoms with Crippen molar-refractivity contribution in [2.45, 2.75) is 25.8 Å². The number of amides is 1. The number of carboxylic acid groups (broad SMARTS) is 1. The zero-order valence-electron chi connectivity index (χ0n) is 15.6. The zero-order chi connectivity index (χ0) is 20.7. The molecule has 0 bridgehead atoms. The first kappa shape index (κ1) is 19.0. The lowest BCUT2D eigenvalue weighted by atomic mass is 9.97. The fourth-order valence-corrected chi connectivity index (χ4v) is 4.28. The number of pyridine rings is 1. The van der Waals surface area contributed by atoms with Gasteiger partial charge in [-0.3, -0.25) is 14.2 Å². The van der Waals surface area contributed by atoms with Crippen molar-refractivity contribution in [3.05, 3.63) is 75.7 Å². The predicted molar refractivity (Wildman–Crippen MR) is 115 cm³/mol. The highest BCUT2D eigenvalue weighted by molar-refractivity contribution is 7.80. The first-order chi connectivity index (χ1) is 13.9. The molecule has 2 N–H and O–H groups in total. The number of aromatic nitrogens is 1. The van der Waals surface area contributed by atoms with Crippen LogP contribution in [0.5, 0.6) is 0 Å². The largest absolute Gasteiger partial charge is 0.480 e. The lowest BCUT2D eigenvalue weighted by Crippen LogP contribution is -2.29. The molecule has 0 fully saturated rings. The number of carbonyl (C=O) groups excluding carboxylic acids is 1. The van der Waals surface area contributed by atoms with Gasteiger partial charge in [0.05, 0.1) is 11.4 Å². The molecular weight excluding hydrogens is 388 g/mol. The summed E-state index contributed by atoms with van der Waals surface area (Å²) in [4.78, 5) is 36.7. The maximum Gasteiger partial charge on any atom is 0.327 e. The Morgan fingerprint density at radius 2 is 1.90 bits per heavy atom. The Morgan fingerprint density at radius 1 is 1.17 bits per heavy atom. The molecule has 0 unspecified atom stereocenters. The number of hydrogen-bond acceptors (Lipinski definition) is 4. The molecule has 4 rings (SSSR count). The van der Waals surface area contributed by atoms with E-state index >= 15 is 0 Å². The highest BCUT2D eigenvalue weighted by atomic mass is 32.1. The highest BCUT2D eigenvalue weighted by Gasteiger charge is 2.35. The maximum atomic E-state index is 12.8. The van der Waals surface area contributed by atoms with Crippen molar-refractivity contribution in [2.24, 2.45) is 0 Å². The monoisotopic (exact) mass is 406 g/mol. The summed E-state index contributed by atoms with van der Waals surface area (Å²) in [5, 5.41) is 14.4. The average molecular weight is 406 g/mol. The van der Waals surface area contributed by atoms with Crippen LogP contribution in [0.2, 0.25) is 0 Å². The van der Waals surface area contributed by atoms with Gasteiger partial charge < -0.3 is 10.4 Å². The minimum Gasteiger partial charge on any atom is -0.480 e. The summed E-state index contributed by atoms with van der Waals surface area (Å²) in [6.45, 7) is 1.37. The SMILES string of the molecule is CC(=O)Nc1c(Cc2cccc3ccccc23)cc(=O)n2c1C(=S)C[C@@H]2C(=O)O. The second-order valence-electron chi connectivity index (χ2n) is 7.08. The molecule has 6 nitrogen and oxygen atoms in total. The van der Waals surface area contributed by atoms with Crippen LogP contribution in [-0.4, -0.2) is 26.4 Å². The molecule has 29 heavy (non-hydrogen) atoms. The standard InChI is InChI=1S/C22H18N2O4S/c1-12(25)23-20-15(9-14-7-4-6-13-5-2-3-8-16(13)14)10-19(26)24-17(22(27)28)11-18(29)21(20)24/h2-8,10,17H,9,11H2,1H3,(H,23,25)(H,27,28)/t17-/m1/s1. The van der Waals surface area contributed by atoms with Crippen LogP contribution in [0.25, 0.3) is 10.8 Å². The van der Waals surface area contributed by atoms with Gasteiger partial charge in [0, 0.05) is 30.7 Å². The molecule has 2 heterocycles. The van der Waals surface area contributed by atoms with Gasteiger partial charge in [-0.1, -0.05) is 54.7 Å². The van der Waals surface area contributed by atoms with E-state index in [1.54, 1.807) is 0 Å². The molecule has 0 radical (unpaired) electrons. The van der Waals surface area contributed by atoms with Crippen molar-refractivity contribution < 1.29 is 14.7 Å². The minimum absolute atomic E-state index is 0.0597. The van der Waals surface area contributed by atoms with Gasteiger partial charge in [0.25, 0.3) is 5.56 Å². The molecule has 3 aromatic rings. The van der Waals surface area contributed by atoms with Crippen LogP contribution in [-0.2, 0) is 16.0 Å². The number of thiocarbonyl (C=S) groups is 1. The third-order valence-corrected chi connectivity index (χ3v) is 5.50. The number of fused-ring (bicyclic) bond motifs is 2. The maximum absolute atomic E-state index is 12.8. The van der Waals surface area contributed by atoms with Crippen LogP contribution in [0.15, 0.2) is 53.3 Å². The molecule has 1 atom stereocenters. The summed E-state index contributed by atoms with van der Waals surface area (Å²) >= 11 is 5.40. The van der Waals surface area contributed by atoms with Crippen LogP contribution in [0.1, 0.15) is 36.2 Å². The van der Waals surface area contributed by atoms with Crippen molar-refractivity contribution in [1.82, 2.24) is 4.57 Å². The highest BCUT2D eigenvalue weighted by Crippen LogP contribution is 2.34. The predicted octanol–water partition coefficient (Wildman–Crippen LogP) is 3.30. The van der Waals surface area contributed by atoms with E-state index in [1.165, 1.54) is 17.6 Å². The van der Waals surface area contributed by atoms with Gasteiger partial charge in [-0.25, -0.2) is 4.79 Å². The molecule has 2 aromatic carbocycles.